The molecule has 0 bridgehead atoms. The summed E-state index contributed by atoms with van der Waals surface area (Å²) in [6.45, 7) is 3.13. The van der Waals surface area contributed by atoms with E-state index in [0.29, 0.717) is 38.4 Å². The molecule has 13 heteroatoms. The first kappa shape index (κ1) is 29.5. The van der Waals surface area contributed by atoms with Crippen LogP contribution in [0.2, 0.25) is 10.0 Å². The van der Waals surface area contributed by atoms with Gasteiger partial charge in [-0.2, -0.15) is 5.10 Å². The van der Waals surface area contributed by atoms with Crippen molar-refractivity contribution in [1.82, 2.24) is 16.1 Å². The molecule has 0 fully saturated rings. The van der Waals surface area contributed by atoms with E-state index < -0.39 is 23.9 Å². The first-order valence-electron chi connectivity index (χ1n) is 12.3. The Bertz CT molecular complexity index is 1530. The van der Waals surface area contributed by atoms with Crippen molar-refractivity contribution in [1.29, 1.82) is 0 Å². The van der Waals surface area contributed by atoms with Gasteiger partial charge in [0.1, 0.15) is 11.5 Å². The van der Waals surface area contributed by atoms with Gasteiger partial charge in [0.05, 0.1) is 36.6 Å². The number of urea groups is 1. The third-order valence-corrected chi connectivity index (χ3v) is 6.40. The van der Waals surface area contributed by atoms with Gasteiger partial charge in [-0.15, -0.1) is 0 Å². The molecule has 1 aliphatic rings. The van der Waals surface area contributed by atoms with Crippen molar-refractivity contribution in [3.05, 3.63) is 81.2 Å². The molecule has 2 heterocycles. The minimum atomic E-state index is -0.777. The highest BCUT2D eigenvalue weighted by Crippen LogP contribution is 2.35. The lowest BCUT2D eigenvalue weighted by atomic mass is 9.95. The molecule has 1 aliphatic heterocycles. The van der Waals surface area contributed by atoms with Crippen molar-refractivity contribution in [2.75, 3.05) is 20.3 Å². The van der Waals surface area contributed by atoms with Crippen LogP contribution in [0, 0.1) is 0 Å². The van der Waals surface area contributed by atoms with Crippen LogP contribution < -0.4 is 25.5 Å². The zero-order valence-corrected chi connectivity index (χ0v) is 23.8. The Hall–Kier alpha value is -4.48. The average molecular weight is 601 g/mol. The van der Waals surface area contributed by atoms with E-state index in [2.05, 4.69) is 21.2 Å². The maximum atomic E-state index is 12.6. The van der Waals surface area contributed by atoms with Crippen molar-refractivity contribution >= 4 is 47.3 Å². The van der Waals surface area contributed by atoms with Gasteiger partial charge in [-0.3, -0.25) is 4.79 Å². The third-order valence-electron chi connectivity index (χ3n) is 5.85. The van der Waals surface area contributed by atoms with Crippen LogP contribution in [0.25, 0.3) is 11.3 Å². The first-order chi connectivity index (χ1) is 19.7. The Balaban J connectivity index is 1.38. The molecule has 41 heavy (non-hydrogen) atoms. The molecule has 0 unspecified atom stereocenters. The molecule has 3 amide bonds. The van der Waals surface area contributed by atoms with Crippen LogP contribution >= 0.6 is 23.2 Å². The van der Waals surface area contributed by atoms with Gasteiger partial charge in [0.2, 0.25) is 0 Å². The first-order valence-corrected chi connectivity index (χ1v) is 13.1. The molecule has 3 aromatic rings. The second-order valence-corrected chi connectivity index (χ2v) is 9.45. The lowest BCUT2D eigenvalue weighted by Crippen LogP contribution is -2.45. The molecule has 1 atom stereocenters. The van der Waals surface area contributed by atoms with Crippen molar-refractivity contribution in [3.63, 3.8) is 0 Å². The number of ether oxygens (including phenoxy) is 3. The molecule has 214 valence electrons. The Morgan fingerprint density at radius 2 is 1.93 bits per heavy atom. The third kappa shape index (κ3) is 7.19. The minimum absolute atomic E-state index is 0.180. The SMILES string of the molecule is CCOC(=O)C1=C(C)NC(=O)N[C@H]1c1ccc(OCC(=O)N/N=C\c2ccc(-c3ccc(Cl)cc3Cl)o2)c(OC)c1. The number of furan rings is 1. The highest BCUT2D eigenvalue weighted by Gasteiger charge is 2.32. The molecular weight excluding hydrogens is 575 g/mol. The largest absolute Gasteiger partial charge is 0.493 e. The highest BCUT2D eigenvalue weighted by molar-refractivity contribution is 6.36. The van der Waals surface area contributed by atoms with Gasteiger partial charge in [0.15, 0.2) is 18.1 Å². The lowest BCUT2D eigenvalue weighted by Gasteiger charge is -2.28. The Morgan fingerprint density at radius 1 is 1.12 bits per heavy atom. The van der Waals surface area contributed by atoms with Crippen LogP contribution in [-0.4, -0.2) is 44.4 Å². The number of methoxy groups -OCH3 is 1. The van der Waals surface area contributed by atoms with Crippen molar-refractivity contribution in [2.24, 2.45) is 5.10 Å². The number of allylic oxidation sites excluding steroid dienone is 1. The number of carbonyl (C=O) groups is 3. The monoisotopic (exact) mass is 600 g/mol. The number of benzene rings is 2. The number of hydrogen-bond acceptors (Lipinski definition) is 8. The van der Waals surface area contributed by atoms with Crippen LogP contribution in [0.4, 0.5) is 4.79 Å². The fraction of sp³-hybridized carbons (Fsp3) is 0.214. The second-order valence-electron chi connectivity index (χ2n) is 8.61. The van der Waals surface area contributed by atoms with E-state index in [9.17, 15) is 14.4 Å². The smallest absolute Gasteiger partial charge is 0.338 e. The molecule has 2 aromatic carbocycles. The number of hydrogen-bond donors (Lipinski definition) is 3. The van der Waals surface area contributed by atoms with E-state index in [1.54, 1.807) is 62.4 Å². The van der Waals surface area contributed by atoms with Gasteiger partial charge in [-0.05, 0) is 61.9 Å². The van der Waals surface area contributed by atoms with Crippen molar-refractivity contribution < 1.29 is 33.0 Å². The predicted molar refractivity (Wildman–Crippen MR) is 152 cm³/mol. The number of nitrogens with one attached hydrogen (secondary N) is 3. The van der Waals surface area contributed by atoms with E-state index in [1.807, 2.05) is 0 Å². The summed E-state index contributed by atoms with van der Waals surface area (Å²) < 4.78 is 21.9. The molecule has 4 rings (SSSR count). The quantitative estimate of drug-likeness (QED) is 0.169. The molecule has 0 saturated carbocycles. The fourth-order valence-corrected chi connectivity index (χ4v) is 4.51. The highest BCUT2D eigenvalue weighted by atomic mass is 35.5. The number of hydrazone groups is 1. The Labute approximate surface area is 245 Å². The molecule has 11 nitrogen and oxygen atoms in total. The Morgan fingerprint density at radius 3 is 2.66 bits per heavy atom. The van der Waals surface area contributed by atoms with Crippen LogP contribution in [0.5, 0.6) is 11.5 Å². The molecule has 3 N–H and O–H groups in total. The summed E-state index contributed by atoms with van der Waals surface area (Å²) in [6.07, 6.45) is 1.34. The number of rotatable bonds is 10. The van der Waals surface area contributed by atoms with Gasteiger partial charge in [-0.1, -0.05) is 29.3 Å². The maximum absolute atomic E-state index is 12.6. The summed E-state index contributed by atoms with van der Waals surface area (Å²) in [4.78, 5) is 37.0. The number of halogens is 2. The van der Waals surface area contributed by atoms with Crippen LogP contribution in [-0.2, 0) is 14.3 Å². The van der Waals surface area contributed by atoms with Gasteiger partial charge < -0.3 is 29.3 Å². The van der Waals surface area contributed by atoms with E-state index in [-0.39, 0.29) is 30.3 Å². The fourth-order valence-electron chi connectivity index (χ4n) is 4.01. The number of esters is 1. The summed E-state index contributed by atoms with van der Waals surface area (Å²) in [5.41, 5.74) is 4.22. The summed E-state index contributed by atoms with van der Waals surface area (Å²) in [5, 5.41) is 10.1. The summed E-state index contributed by atoms with van der Waals surface area (Å²) in [5.74, 6) is 0.372. The zero-order chi connectivity index (χ0) is 29.5. The lowest BCUT2D eigenvalue weighted by molar-refractivity contribution is -0.139. The van der Waals surface area contributed by atoms with Gasteiger partial charge in [0, 0.05) is 16.3 Å². The molecule has 0 spiro atoms. The minimum Gasteiger partial charge on any atom is -0.493 e. The van der Waals surface area contributed by atoms with Crippen molar-refractivity contribution in [3.8, 4) is 22.8 Å². The number of nitrogens with zero attached hydrogens (tertiary/aromatic N) is 1. The molecule has 0 saturated heterocycles. The van der Waals surface area contributed by atoms with E-state index in [1.165, 1.54) is 13.3 Å². The van der Waals surface area contributed by atoms with Gasteiger partial charge in [-0.25, -0.2) is 15.0 Å². The van der Waals surface area contributed by atoms with E-state index in [4.69, 9.17) is 41.8 Å². The number of amides is 3. The average Bonchev–Trinajstić information content (AvgIpc) is 3.40. The number of carbonyl (C=O) groups excluding carboxylic acids is 3. The van der Waals surface area contributed by atoms with Gasteiger partial charge >= 0.3 is 12.0 Å². The molecule has 1 aromatic heterocycles. The molecule has 0 radical (unpaired) electrons. The standard InChI is InChI=1S/C28H26Cl2N4O7/c1-4-39-27(36)25-15(2)32-28(37)33-26(25)16-5-9-22(23(11-16)38-3)40-14-24(35)34-31-13-18-7-10-21(41-18)19-8-6-17(29)12-20(19)30/h5-13,26H,4,14H2,1-3H3,(H,34,35)(H2,32,33,37)/b31-13-/t26-/m0/s1. The van der Waals surface area contributed by atoms with Crippen LogP contribution in [0.15, 0.2) is 69.3 Å². The van der Waals surface area contributed by atoms with Crippen LogP contribution in [0.1, 0.15) is 31.2 Å². The van der Waals surface area contributed by atoms with Crippen molar-refractivity contribution in [2.45, 2.75) is 19.9 Å². The summed E-state index contributed by atoms with van der Waals surface area (Å²) in [7, 11) is 1.43. The topological polar surface area (TPSA) is 140 Å². The second kappa shape index (κ2) is 13.2. The van der Waals surface area contributed by atoms with Crippen LogP contribution in [0.3, 0.4) is 0 Å². The molecule has 0 aliphatic carbocycles. The zero-order valence-electron chi connectivity index (χ0n) is 22.2. The summed E-state index contributed by atoms with van der Waals surface area (Å²) >= 11 is 12.2. The van der Waals surface area contributed by atoms with E-state index in [0.717, 1.165) is 0 Å². The van der Waals surface area contributed by atoms with E-state index >= 15 is 0 Å². The predicted octanol–water partition coefficient (Wildman–Crippen LogP) is 4.98. The maximum Gasteiger partial charge on any atom is 0.338 e. The van der Waals surface area contributed by atoms with Gasteiger partial charge in [0.25, 0.3) is 5.91 Å². The summed E-state index contributed by atoms with van der Waals surface area (Å²) in [6, 6.07) is 12.0. The molecular formula is C28H26Cl2N4O7. The normalized spacial score (nSPS) is 14.9. The Kier molecular flexibility index (Phi) is 9.53.